The molecule has 0 aliphatic carbocycles. The Hall–Kier alpha value is -0.950. The molecular formula is C15H17Cl2NO4S. The summed E-state index contributed by atoms with van der Waals surface area (Å²) in [6.07, 6.45) is 2.58. The van der Waals surface area contributed by atoms with Crippen LogP contribution in [0.1, 0.15) is 23.2 Å². The molecule has 0 spiro atoms. The molecule has 0 aromatic heterocycles. The Balaban J connectivity index is 2.14. The molecule has 0 atom stereocenters. The number of halogens is 2. The smallest absolute Gasteiger partial charge is 0.311 e. The summed E-state index contributed by atoms with van der Waals surface area (Å²) < 4.78 is 5.21. The molecule has 1 aliphatic rings. The van der Waals surface area contributed by atoms with Gasteiger partial charge in [0.05, 0.1) is 21.0 Å². The van der Waals surface area contributed by atoms with Crippen LogP contribution in [0.5, 0.6) is 0 Å². The Morgan fingerprint density at radius 3 is 2.52 bits per heavy atom. The van der Waals surface area contributed by atoms with Crippen LogP contribution in [-0.2, 0) is 9.53 Å². The third-order valence-electron chi connectivity index (χ3n) is 3.98. The van der Waals surface area contributed by atoms with E-state index in [1.807, 2.05) is 6.26 Å². The Bertz CT molecular complexity index is 618. The van der Waals surface area contributed by atoms with Gasteiger partial charge in [0.25, 0.3) is 5.91 Å². The standard InChI is InChI=1S/C15H17Cl2NO4S/c1-23-12-6-9(10(16)7-11(12)17)13(19)18-8-15(14(20)21)2-4-22-5-3-15/h6-7H,2-5,8H2,1H3,(H,18,19)(H,20,21). The average molecular weight is 378 g/mol. The van der Waals surface area contributed by atoms with Crippen molar-refractivity contribution in [2.45, 2.75) is 17.7 Å². The minimum atomic E-state index is -0.991. The summed E-state index contributed by atoms with van der Waals surface area (Å²) in [5.41, 5.74) is -0.706. The lowest BCUT2D eigenvalue weighted by Gasteiger charge is -2.33. The summed E-state index contributed by atoms with van der Waals surface area (Å²) in [4.78, 5) is 24.7. The van der Waals surface area contributed by atoms with Gasteiger partial charge in [-0.05, 0) is 31.2 Å². The maximum Gasteiger partial charge on any atom is 0.311 e. The number of carboxylic acid groups (broad SMARTS) is 1. The topological polar surface area (TPSA) is 75.6 Å². The van der Waals surface area contributed by atoms with Gasteiger partial charge in [-0.25, -0.2) is 0 Å². The molecule has 1 aromatic carbocycles. The first-order chi connectivity index (χ1) is 10.9. The van der Waals surface area contributed by atoms with Crippen LogP contribution in [0.3, 0.4) is 0 Å². The number of carbonyl (C=O) groups is 2. The van der Waals surface area contributed by atoms with Gasteiger partial charge in [0.1, 0.15) is 0 Å². The van der Waals surface area contributed by atoms with Crippen LogP contribution < -0.4 is 5.32 Å². The van der Waals surface area contributed by atoms with E-state index >= 15 is 0 Å². The number of carbonyl (C=O) groups excluding carboxylic acids is 1. The van der Waals surface area contributed by atoms with Crippen LogP contribution in [0.15, 0.2) is 17.0 Å². The quantitative estimate of drug-likeness (QED) is 0.769. The lowest BCUT2D eigenvalue weighted by atomic mass is 9.80. The Labute approximate surface area is 148 Å². The fraction of sp³-hybridized carbons (Fsp3) is 0.467. The first kappa shape index (κ1) is 18.4. The normalized spacial score (nSPS) is 16.8. The van der Waals surface area contributed by atoms with Crippen molar-refractivity contribution in [2.24, 2.45) is 5.41 Å². The van der Waals surface area contributed by atoms with Crippen molar-refractivity contribution in [1.29, 1.82) is 0 Å². The second-order valence-electron chi connectivity index (χ2n) is 5.35. The SMILES string of the molecule is CSc1cc(C(=O)NCC2(C(=O)O)CCOCC2)c(Cl)cc1Cl. The van der Waals surface area contributed by atoms with Crippen molar-refractivity contribution in [3.05, 3.63) is 27.7 Å². The molecule has 126 valence electrons. The number of ether oxygens (including phenoxy) is 1. The molecule has 23 heavy (non-hydrogen) atoms. The van der Waals surface area contributed by atoms with Gasteiger partial charge in [0, 0.05) is 24.7 Å². The van der Waals surface area contributed by atoms with Crippen molar-refractivity contribution in [2.75, 3.05) is 26.0 Å². The molecule has 0 bridgehead atoms. The lowest BCUT2D eigenvalue weighted by molar-refractivity contribution is -0.154. The summed E-state index contributed by atoms with van der Waals surface area (Å²) >= 11 is 13.5. The van der Waals surface area contributed by atoms with Crippen LogP contribution in [-0.4, -0.2) is 43.0 Å². The molecule has 1 fully saturated rings. The highest BCUT2D eigenvalue weighted by Crippen LogP contribution is 2.32. The Morgan fingerprint density at radius 1 is 1.30 bits per heavy atom. The van der Waals surface area contributed by atoms with Gasteiger partial charge in [-0.1, -0.05) is 23.2 Å². The summed E-state index contributed by atoms with van der Waals surface area (Å²) in [7, 11) is 0. The molecule has 0 radical (unpaired) electrons. The molecule has 0 unspecified atom stereocenters. The van der Waals surface area contributed by atoms with Crippen LogP contribution in [0.25, 0.3) is 0 Å². The van der Waals surface area contributed by atoms with Crippen molar-refractivity contribution in [1.82, 2.24) is 5.32 Å². The average Bonchev–Trinajstić information content (AvgIpc) is 2.53. The number of hydrogen-bond donors (Lipinski definition) is 2. The van der Waals surface area contributed by atoms with E-state index in [1.165, 1.54) is 17.8 Å². The zero-order valence-corrected chi connectivity index (χ0v) is 14.9. The summed E-state index contributed by atoms with van der Waals surface area (Å²) in [6.45, 7) is 0.791. The van der Waals surface area contributed by atoms with Crippen molar-refractivity contribution in [3.8, 4) is 0 Å². The number of thioether (sulfide) groups is 1. The molecular weight excluding hydrogens is 361 g/mol. The van der Waals surface area contributed by atoms with Crippen molar-refractivity contribution in [3.63, 3.8) is 0 Å². The monoisotopic (exact) mass is 377 g/mol. The zero-order chi connectivity index (χ0) is 17.0. The summed E-state index contributed by atoms with van der Waals surface area (Å²) in [5.74, 6) is -1.33. The van der Waals surface area contributed by atoms with E-state index < -0.39 is 17.3 Å². The van der Waals surface area contributed by atoms with Gasteiger partial charge >= 0.3 is 5.97 Å². The predicted molar refractivity (Wildman–Crippen MR) is 90.7 cm³/mol. The van der Waals surface area contributed by atoms with Crippen LogP contribution in [0, 0.1) is 5.41 Å². The fourth-order valence-corrected chi connectivity index (χ4v) is 3.62. The largest absolute Gasteiger partial charge is 0.481 e. The predicted octanol–water partition coefficient (Wildman–Crippen LogP) is 3.33. The lowest BCUT2D eigenvalue weighted by Crippen LogP contribution is -2.46. The van der Waals surface area contributed by atoms with E-state index in [0.717, 1.165) is 4.90 Å². The van der Waals surface area contributed by atoms with Gasteiger partial charge in [0.2, 0.25) is 0 Å². The zero-order valence-electron chi connectivity index (χ0n) is 12.5. The number of rotatable bonds is 5. The molecule has 5 nitrogen and oxygen atoms in total. The number of carboxylic acids is 1. The van der Waals surface area contributed by atoms with Gasteiger partial charge in [-0.15, -0.1) is 11.8 Å². The highest BCUT2D eigenvalue weighted by molar-refractivity contribution is 7.98. The molecule has 1 saturated heterocycles. The van der Waals surface area contributed by atoms with E-state index in [0.29, 0.717) is 31.1 Å². The van der Waals surface area contributed by atoms with Crippen molar-refractivity contribution >= 4 is 46.8 Å². The minimum Gasteiger partial charge on any atom is -0.481 e. The molecule has 8 heteroatoms. The second-order valence-corrected chi connectivity index (χ2v) is 7.01. The van der Waals surface area contributed by atoms with Gasteiger partial charge in [-0.2, -0.15) is 0 Å². The fourth-order valence-electron chi connectivity index (χ4n) is 2.43. The maximum absolute atomic E-state index is 12.4. The highest BCUT2D eigenvalue weighted by atomic mass is 35.5. The maximum atomic E-state index is 12.4. The number of nitrogens with one attached hydrogen (secondary N) is 1. The molecule has 2 N–H and O–H groups in total. The Kier molecular flexibility index (Phi) is 6.19. The molecule has 2 rings (SSSR count). The van der Waals surface area contributed by atoms with Crippen molar-refractivity contribution < 1.29 is 19.4 Å². The van der Waals surface area contributed by atoms with Crippen LogP contribution in [0.2, 0.25) is 10.0 Å². The van der Waals surface area contributed by atoms with Gasteiger partial charge in [-0.3, -0.25) is 9.59 Å². The van der Waals surface area contributed by atoms with E-state index in [2.05, 4.69) is 5.32 Å². The van der Waals surface area contributed by atoms with Crippen LogP contribution in [0.4, 0.5) is 0 Å². The van der Waals surface area contributed by atoms with E-state index in [9.17, 15) is 14.7 Å². The Morgan fingerprint density at radius 2 is 1.96 bits per heavy atom. The first-order valence-electron chi connectivity index (χ1n) is 7.02. The molecule has 0 saturated carbocycles. The molecule has 1 aliphatic heterocycles. The molecule has 1 aromatic rings. The molecule has 1 amide bonds. The third kappa shape index (κ3) is 4.12. The number of aliphatic carboxylic acids is 1. The van der Waals surface area contributed by atoms with E-state index in [4.69, 9.17) is 27.9 Å². The summed E-state index contributed by atoms with van der Waals surface area (Å²) in [5, 5.41) is 12.9. The second kappa shape index (κ2) is 7.75. The molecule has 1 heterocycles. The number of benzene rings is 1. The first-order valence-corrected chi connectivity index (χ1v) is 9.00. The van der Waals surface area contributed by atoms with E-state index in [-0.39, 0.29) is 17.1 Å². The van der Waals surface area contributed by atoms with E-state index in [1.54, 1.807) is 6.07 Å². The summed E-state index contributed by atoms with van der Waals surface area (Å²) in [6, 6.07) is 3.13. The number of hydrogen-bond acceptors (Lipinski definition) is 4. The van der Waals surface area contributed by atoms with Gasteiger partial charge in [0.15, 0.2) is 0 Å². The van der Waals surface area contributed by atoms with Crippen LogP contribution >= 0.6 is 35.0 Å². The third-order valence-corrected chi connectivity index (χ3v) is 5.49. The highest BCUT2D eigenvalue weighted by Gasteiger charge is 2.40. The number of amides is 1. The minimum absolute atomic E-state index is 0.0398. The van der Waals surface area contributed by atoms with Gasteiger partial charge < -0.3 is 15.2 Å².